The van der Waals surface area contributed by atoms with Crippen LogP contribution in [0, 0.1) is 0 Å². The van der Waals surface area contributed by atoms with Gasteiger partial charge in [0.25, 0.3) is 0 Å². The molecular formula is C8H10BrClN2O3. The van der Waals surface area contributed by atoms with E-state index in [4.69, 9.17) is 16.3 Å². The average Bonchev–Trinajstić information content (AvgIpc) is 2.63. The van der Waals surface area contributed by atoms with E-state index in [0.29, 0.717) is 11.2 Å². The van der Waals surface area contributed by atoms with Gasteiger partial charge in [0.2, 0.25) is 0 Å². The van der Waals surface area contributed by atoms with Crippen LogP contribution in [0.5, 0.6) is 0 Å². The Morgan fingerprint density at radius 3 is 3.07 bits per heavy atom. The standard InChI is InChI=1S/C8H10BrClN2O3/c1-14-8(13)6(10)4-15-3-5-2-7(9)12-11-5/h2,6H,3-4H2,1H3,(H,11,12). The van der Waals surface area contributed by atoms with E-state index in [1.807, 2.05) is 0 Å². The number of aromatic amines is 1. The number of carbonyl (C=O) groups is 1. The second-order valence-corrected chi connectivity index (χ2v) is 4.06. The van der Waals surface area contributed by atoms with Crippen LogP contribution in [0.15, 0.2) is 10.7 Å². The van der Waals surface area contributed by atoms with Crippen molar-refractivity contribution in [1.82, 2.24) is 10.2 Å². The van der Waals surface area contributed by atoms with Crippen molar-refractivity contribution >= 4 is 33.5 Å². The minimum atomic E-state index is -0.777. The fraction of sp³-hybridized carbons (Fsp3) is 0.500. The van der Waals surface area contributed by atoms with Crippen LogP contribution in [0.25, 0.3) is 0 Å². The highest BCUT2D eigenvalue weighted by Gasteiger charge is 2.15. The van der Waals surface area contributed by atoms with Gasteiger partial charge >= 0.3 is 5.97 Å². The largest absolute Gasteiger partial charge is 0.468 e. The number of carbonyl (C=O) groups excluding carboxylic acids is 1. The Bertz CT molecular complexity index is 331. The highest BCUT2D eigenvalue weighted by atomic mass is 79.9. The first kappa shape index (κ1) is 12.5. The highest BCUT2D eigenvalue weighted by molar-refractivity contribution is 9.10. The summed E-state index contributed by atoms with van der Waals surface area (Å²) in [6.45, 7) is 0.420. The summed E-state index contributed by atoms with van der Waals surface area (Å²) in [5.41, 5.74) is 0.801. The molecule has 84 valence electrons. The zero-order valence-corrected chi connectivity index (χ0v) is 10.3. The number of hydrogen-bond acceptors (Lipinski definition) is 4. The smallest absolute Gasteiger partial charge is 0.326 e. The lowest BCUT2D eigenvalue weighted by molar-refractivity contribution is -0.141. The molecule has 0 aliphatic carbocycles. The van der Waals surface area contributed by atoms with Crippen molar-refractivity contribution in [1.29, 1.82) is 0 Å². The van der Waals surface area contributed by atoms with Crippen molar-refractivity contribution < 1.29 is 14.3 Å². The molecule has 1 atom stereocenters. The predicted molar refractivity (Wildman–Crippen MR) is 57.6 cm³/mol. The summed E-state index contributed by atoms with van der Waals surface area (Å²) in [4.78, 5) is 10.9. The van der Waals surface area contributed by atoms with Crippen LogP contribution >= 0.6 is 27.5 Å². The third-order valence-corrected chi connectivity index (χ3v) is 2.29. The topological polar surface area (TPSA) is 64.2 Å². The highest BCUT2D eigenvalue weighted by Crippen LogP contribution is 2.08. The number of halogens is 2. The maximum absolute atomic E-state index is 10.9. The van der Waals surface area contributed by atoms with Crippen LogP contribution in [-0.4, -0.2) is 35.3 Å². The Morgan fingerprint density at radius 2 is 2.53 bits per heavy atom. The molecule has 1 rings (SSSR count). The molecule has 0 aliphatic heterocycles. The first-order valence-electron chi connectivity index (χ1n) is 4.13. The Labute approximate surface area is 100 Å². The van der Waals surface area contributed by atoms with Gasteiger partial charge in [0.15, 0.2) is 5.38 Å². The minimum absolute atomic E-state index is 0.102. The summed E-state index contributed by atoms with van der Waals surface area (Å²) < 4.78 is 10.3. The lowest BCUT2D eigenvalue weighted by Crippen LogP contribution is -2.21. The monoisotopic (exact) mass is 296 g/mol. The number of nitrogens with one attached hydrogen (secondary N) is 1. The van der Waals surface area contributed by atoms with E-state index in [9.17, 15) is 4.79 Å². The molecule has 0 radical (unpaired) electrons. The number of esters is 1. The van der Waals surface area contributed by atoms with Crippen LogP contribution in [-0.2, 0) is 20.9 Å². The maximum atomic E-state index is 10.9. The molecule has 0 spiro atoms. The van der Waals surface area contributed by atoms with E-state index in [2.05, 4.69) is 30.9 Å². The van der Waals surface area contributed by atoms with E-state index in [-0.39, 0.29) is 6.61 Å². The second-order valence-electron chi connectivity index (χ2n) is 2.72. The van der Waals surface area contributed by atoms with E-state index >= 15 is 0 Å². The van der Waals surface area contributed by atoms with E-state index in [1.165, 1.54) is 7.11 Å². The summed E-state index contributed by atoms with van der Waals surface area (Å²) in [5.74, 6) is -0.498. The van der Waals surface area contributed by atoms with Crippen LogP contribution in [0.1, 0.15) is 5.69 Å². The fourth-order valence-corrected chi connectivity index (χ4v) is 1.42. The predicted octanol–water partition coefficient (Wildman–Crippen LogP) is 1.47. The van der Waals surface area contributed by atoms with Gasteiger partial charge < -0.3 is 9.47 Å². The number of hydrogen-bond donors (Lipinski definition) is 1. The Morgan fingerprint density at radius 1 is 1.80 bits per heavy atom. The van der Waals surface area contributed by atoms with E-state index < -0.39 is 11.3 Å². The third kappa shape index (κ3) is 4.19. The fourth-order valence-electron chi connectivity index (χ4n) is 0.876. The lowest BCUT2D eigenvalue weighted by atomic mass is 10.4. The maximum Gasteiger partial charge on any atom is 0.326 e. The van der Waals surface area contributed by atoms with Crippen LogP contribution in [0.4, 0.5) is 0 Å². The quantitative estimate of drug-likeness (QED) is 0.660. The normalized spacial score (nSPS) is 12.5. The zero-order chi connectivity index (χ0) is 11.3. The molecule has 0 fully saturated rings. The molecule has 1 heterocycles. The molecule has 0 saturated carbocycles. The molecule has 1 aromatic heterocycles. The molecule has 1 N–H and O–H groups in total. The van der Waals surface area contributed by atoms with Crippen LogP contribution < -0.4 is 0 Å². The SMILES string of the molecule is COC(=O)C(Cl)COCc1cc(Br)n[nH]1. The second kappa shape index (κ2) is 6.09. The number of alkyl halides is 1. The summed E-state index contributed by atoms with van der Waals surface area (Å²) in [6, 6.07) is 1.78. The zero-order valence-electron chi connectivity index (χ0n) is 8.00. The third-order valence-electron chi connectivity index (χ3n) is 1.58. The molecular weight excluding hydrogens is 287 g/mol. The van der Waals surface area contributed by atoms with Gasteiger partial charge in [-0.05, 0) is 22.0 Å². The molecule has 0 amide bonds. The summed E-state index contributed by atoms with van der Waals surface area (Å²) in [7, 11) is 1.28. The molecule has 5 nitrogen and oxygen atoms in total. The molecule has 0 saturated heterocycles. The summed E-state index contributed by atoms with van der Waals surface area (Å²) in [6.07, 6.45) is 0. The van der Waals surface area contributed by atoms with Gasteiger partial charge in [0, 0.05) is 0 Å². The van der Waals surface area contributed by atoms with Gasteiger partial charge in [0.05, 0.1) is 26.0 Å². The number of aromatic nitrogens is 2. The minimum Gasteiger partial charge on any atom is -0.468 e. The lowest BCUT2D eigenvalue weighted by Gasteiger charge is -2.06. The van der Waals surface area contributed by atoms with Gasteiger partial charge in [-0.1, -0.05) is 0 Å². The van der Waals surface area contributed by atoms with E-state index in [0.717, 1.165) is 5.69 Å². The molecule has 0 bridgehead atoms. The number of nitrogens with zero attached hydrogens (tertiary/aromatic N) is 1. The molecule has 0 aliphatic rings. The van der Waals surface area contributed by atoms with Crippen molar-refractivity contribution in [3.63, 3.8) is 0 Å². The van der Waals surface area contributed by atoms with Crippen LogP contribution in [0.3, 0.4) is 0 Å². The van der Waals surface area contributed by atoms with Gasteiger partial charge in [-0.25, -0.2) is 0 Å². The number of H-pyrrole nitrogens is 1. The Kier molecular flexibility index (Phi) is 5.07. The van der Waals surface area contributed by atoms with Gasteiger partial charge in [-0.3, -0.25) is 9.89 Å². The average molecular weight is 298 g/mol. The van der Waals surface area contributed by atoms with Gasteiger partial charge in [0.1, 0.15) is 4.60 Å². The molecule has 7 heteroatoms. The summed E-state index contributed by atoms with van der Waals surface area (Å²) >= 11 is 8.86. The van der Waals surface area contributed by atoms with Crippen molar-refractivity contribution in [3.05, 3.63) is 16.4 Å². The number of methoxy groups -OCH3 is 1. The van der Waals surface area contributed by atoms with Crippen molar-refractivity contribution in [2.75, 3.05) is 13.7 Å². The first-order valence-corrected chi connectivity index (χ1v) is 5.36. The number of ether oxygens (including phenoxy) is 2. The van der Waals surface area contributed by atoms with Crippen LogP contribution in [0.2, 0.25) is 0 Å². The summed E-state index contributed by atoms with van der Waals surface area (Å²) in [5, 5.41) is 5.82. The molecule has 0 aromatic carbocycles. The number of rotatable bonds is 5. The van der Waals surface area contributed by atoms with Gasteiger partial charge in [-0.2, -0.15) is 5.10 Å². The van der Waals surface area contributed by atoms with E-state index in [1.54, 1.807) is 6.07 Å². The van der Waals surface area contributed by atoms with Crippen molar-refractivity contribution in [2.45, 2.75) is 12.0 Å². The molecule has 1 aromatic rings. The molecule has 15 heavy (non-hydrogen) atoms. The Balaban J connectivity index is 2.24. The Hall–Kier alpha value is -0.590. The van der Waals surface area contributed by atoms with Crippen molar-refractivity contribution in [3.8, 4) is 0 Å². The van der Waals surface area contributed by atoms with Crippen molar-refractivity contribution in [2.24, 2.45) is 0 Å². The molecule has 1 unspecified atom stereocenters. The van der Waals surface area contributed by atoms with Gasteiger partial charge in [-0.15, -0.1) is 11.6 Å². The first-order chi connectivity index (χ1) is 7.13.